The van der Waals surface area contributed by atoms with Crippen LogP contribution in [0.4, 0.5) is 0 Å². The van der Waals surface area contributed by atoms with Gasteiger partial charge in [-0.25, -0.2) is 0 Å². The number of aryl methyl sites for hydroxylation is 1. The molecule has 0 radical (unpaired) electrons. The zero-order valence-corrected chi connectivity index (χ0v) is 14.5. The smallest absolute Gasteiger partial charge is 0.307 e. The Balaban J connectivity index is 2.07. The molecule has 0 saturated heterocycles. The summed E-state index contributed by atoms with van der Waals surface area (Å²) in [6.07, 6.45) is 5.12. The fraction of sp³-hybridized carbons (Fsp3) is 0.250. The molecule has 1 amide bonds. The number of methoxy groups -OCH3 is 1. The van der Waals surface area contributed by atoms with Crippen LogP contribution in [0, 0.1) is 6.92 Å². The molecule has 0 spiro atoms. The first-order valence-electron chi connectivity index (χ1n) is 8.09. The van der Waals surface area contributed by atoms with E-state index in [2.05, 4.69) is 9.72 Å². The van der Waals surface area contributed by atoms with E-state index in [4.69, 9.17) is 0 Å². The largest absolute Gasteiger partial charge is 0.469 e. The number of esters is 1. The Labute approximate surface area is 147 Å². The summed E-state index contributed by atoms with van der Waals surface area (Å²) in [6.45, 7) is 2.63. The van der Waals surface area contributed by atoms with E-state index < -0.39 is 0 Å². The average Bonchev–Trinajstić information content (AvgIpc) is 2.64. The minimum atomic E-state index is -0.346. The lowest BCUT2D eigenvalue weighted by molar-refractivity contribution is -0.141. The number of carbonyl (C=O) groups excluding carboxylic acids is 2. The Morgan fingerprint density at radius 3 is 2.56 bits per heavy atom. The monoisotopic (exact) mass is 338 g/mol. The molecule has 0 saturated carbocycles. The van der Waals surface area contributed by atoms with E-state index in [0.29, 0.717) is 6.54 Å². The third-order valence-corrected chi connectivity index (χ3v) is 3.70. The summed E-state index contributed by atoms with van der Waals surface area (Å²) in [4.78, 5) is 29.8. The van der Waals surface area contributed by atoms with Gasteiger partial charge in [0, 0.05) is 18.8 Å². The first-order valence-corrected chi connectivity index (χ1v) is 8.09. The molecule has 5 nitrogen and oxygen atoms in total. The van der Waals surface area contributed by atoms with Gasteiger partial charge in [0.25, 0.3) is 0 Å². The molecule has 0 atom stereocenters. The lowest BCUT2D eigenvalue weighted by Crippen LogP contribution is -2.31. The number of hydrogen-bond donors (Lipinski definition) is 0. The van der Waals surface area contributed by atoms with Crippen LogP contribution in [-0.2, 0) is 20.9 Å². The number of hydrogen-bond acceptors (Lipinski definition) is 4. The predicted molar refractivity (Wildman–Crippen MR) is 96.5 cm³/mol. The molecule has 25 heavy (non-hydrogen) atoms. The highest BCUT2D eigenvalue weighted by molar-refractivity contribution is 5.92. The van der Waals surface area contributed by atoms with Gasteiger partial charge in [-0.05, 0) is 30.7 Å². The number of ether oxygens (including phenoxy) is 1. The van der Waals surface area contributed by atoms with Crippen molar-refractivity contribution in [2.24, 2.45) is 0 Å². The summed E-state index contributed by atoms with van der Waals surface area (Å²) in [5, 5.41) is 0. The first-order chi connectivity index (χ1) is 12.1. The van der Waals surface area contributed by atoms with Crippen molar-refractivity contribution in [2.75, 3.05) is 13.7 Å². The number of pyridine rings is 1. The SMILES string of the molecule is COC(=O)CCN(Cc1ccccn1)C(=O)/C=C/c1ccc(C)cc1. The van der Waals surface area contributed by atoms with Crippen LogP contribution >= 0.6 is 0 Å². The fourth-order valence-electron chi connectivity index (χ4n) is 2.23. The summed E-state index contributed by atoms with van der Waals surface area (Å²) >= 11 is 0. The van der Waals surface area contributed by atoms with Crippen LogP contribution in [0.5, 0.6) is 0 Å². The van der Waals surface area contributed by atoms with Crippen LogP contribution < -0.4 is 0 Å². The number of nitrogens with zero attached hydrogens (tertiary/aromatic N) is 2. The Bertz CT molecular complexity index is 724. The first kappa shape index (κ1) is 18.4. The van der Waals surface area contributed by atoms with E-state index in [-0.39, 0.29) is 24.8 Å². The molecule has 1 aromatic carbocycles. The van der Waals surface area contributed by atoms with Gasteiger partial charge in [-0.1, -0.05) is 35.9 Å². The maximum Gasteiger partial charge on any atom is 0.307 e. The van der Waals surface area contributed by atoms with Crippen LogP contribution in [0.1, 0.15) is 23.2 Å². The van der Waals surface area contributed by atoms with Gasteiger partial charge in [0.1, 0.15) is 0 Å². The molecule has 1 aromatic heterocycles. The summed E-state index contributed by atoms with van der Waals surface area (Å²) < 4.78 is 4.66. The molecule has 0 aliphatic rings. The van der Waals surface area contributed by atoms with Crippen molar-refractivity contribution in [1.82, 2.24) is 9.88 Å². The Morgan fingerprint density at radius 1 is 1.16 bits per heavy atom. The second-order valence-electron chi connectivity index (χ2n) is 5.65. The number of aromatic nitrogens is 1. The molecule has 5 heteroatoms. The molecule has 0 aliphatic carbocycles. The van der Waals surface area contributed by atoms with E-state index >= 15 is 0 Å². The van der Waals surface area contributed by atoms with Gasteiger partial charge in [0.05, 0.1) is 25.8 Å². The zero-order chi connectivity index (χ0) is 18.1. The van der Waals surface area contributed by atoms with Crippen LogP contribution in [0.2, 0.25) is 0 Å². The number of benzene rings is 1. The van der Waals surface area contributed by atoms with Crippen LogP contribution in [0.15, 0.2) is 54.7 Å². The number of amides is 1. The highest BCUT2D eigenvalue weighted by Crippen LogP contribution is 2.08. The maximum absolute atomic E-state index is 12.5. The quantitative estimate of drug-likeness (QED) is 0.575. The average molecular weight is 338 g/mol. The molecule has 2 aromatic rings. The standard InChI is InChI=1S/C20H22N2O3/c1-16-6-8-17(9-7-16)10-11-19(23)22(14-12-20(24)25-2)15-18-5-3-4-13-21-18/h3-11,13H,12,14-15H2,1-2H3/b11-10+. The van der Waals surface area contributed by atoms with Crippen molar-refractivity contribution in [3.63, 3.8) is 0 Å². The molecule has 0 fully saturated rings. The second-order valence-corrected chi connectivity index (χ2v) is 5.65. The molecule has 0 bridgehead atoms. The van der Waals surface area contributed by atoms with Gasteiger partial charge < -0.3 is 9.64 Å². The molecular formula is C20H22N2O3. The summed E-state index contributed by atoms with van der Waals surface area (Å²) in [5.41, 5.74) is 2.88. The lowest BCUT2D eigenvalue weighted by Gasteiger charge is -2.20. The van der Waals surface area contributed by atoms with Crippen molar-refractivity contribution < 1.29 is 14.3 Å². The van der Waals surface area contributed by atoms with E-state index in [1.807, 2.05) is 49.4 Å². The third kappa shape index (κ3) is 6.22. The van der Waals surface area contributed by atoms with Crippen LogP contribution in [0.3, 0.4) is 0 Å². The molecule has 0 unspecified atom stereocenters. The molecule has 1 heterocycles. The summed E-state index contributed by atoms with van der Waals surface area (Å²) in [6, 6.07) is 13.4. The third-order valence-electron chi connectivity index (χ3n) is 3.70. The molecular weight excluding hydrogens is 316 g/mol. The maximum atomic E-state index is 12.5. The predicted octanol–water partition coefficient (Wildman–Crippen LogP) is 3.00. The number of carbonyl (C=O) groups is 2. The minimum Gasteiger partial charge on any atom is -0.469 e. The van der Waals surface area contributed by atoms with Gasteiger partial charge >= 0.3 is 5.97 Å². The van der Waals surface area contributed by atoms with Crippen molar-refractivity contribution >= 4 is 18.0 Å². The number of rotatable bonds is 7. The van der Waals surface area contributed by atoms with Gasteiger partial charge in [0.2, 0.25) is 5.91 Å². The summed E-state index contributed by atoms with van der Waals surface area (Å²) in [7, 11) is 1.34. The van der Waals surface area contributed by atoms with Gasteiger partial charge in [-0.2, -0.15) is 0 Å². The molecule has 0 aliphatic heterocycles. The molecule has 2 rings (SSSR count). The fourth-order valence-corrected chi connectivity index (χ4v) is 2.23. The van der Waals surface area contributed by atoms with Gasteiger partial charge in [0.15, 0.2) is 0 Å². The van der Waals surface area contributed by atoms with E-state index in [9.17, 15) is 9.59 Å². The van der Waals surface area contributed by atoms with Crippen molar-refractivity contribution in [3.05, 3.63) is 71.6 Å². The van der Waals surface area contributed by atoms with Crippen molar-refractivity contribution in [3.8, 4) is 0 Å². The van der Waals surface area contributed by atoms with Crippen LogP contribution in [0.25, 0.3) is 6.08 Å². The van der Waals surface area contributed by atoms with Gasteiger partial charge in [-0.15, -0.1) is 0 Å². The van der Waals surface area contributed by atoms with Crippen molar-refractivity contribution in [2.45, 2.75) is 19.9 Å². The summed E-state index contributed by atoms with van der Waals surface area (Å²) in [5.74, 6) is -0.517. The van der Waals surface area contributed by atoms with Gasteiger partial charge in [-0.3, -0.25) is 14.6 Å². The zero-order valence-electron chi connectivity index (χ0n) is 14.5. The highest BCUT2D eigenvalue weighted by Gasteiger charge is 2.14. The minimum absolute atomic E-state index is 0.146. The highest BCUT2D eigenvalue weighted by atomic mass is 16.5. The van der Waals surface area contributed by atoms with Crippen LogP contribution in [-0.4, -0.2) is 35.4 Å². The Morgan fingerprint density at radius 2 is 1.92 bits per heavy atom. The Hall–Kier alpha value is -2.95. The van der Waals surface area contributed by atoms with E-state index in [1.165, 1.54) is 18.7 Å². The van der Waals surface area contributed by atoms with E-state index in [1.54, 1.807) is 17.2 Å². The van der Waals surface area contributed by atoms with Crippen molar-refractivity contribution in [1.29, 1.82) is 0 Å². The Kier molecular flexibility index (Phi) is 6.89. The molecule has 0 N–H and O–H groups in total. The second kappa shape index (κ2) is 9.37. The molecule has 130 valence electrons. The van der Waals surface area contributed by atoms with E-state index in [0.717, 1.165) is 11.3 Å². The normalized spacial score (nSPS) is 10.6. The lowest BCUT2D eigenvalue weighted by atomic mass is 10.1. The topological polar surface area (TPSA) is 59.5 Å².